The zero-order valence-electron chi connectivity index (χ0n) is 15.1. The summed E-state index contributed by atoms with van der Waals surface area (Å²) < 4.78 is 7.46. The zero-order valence-corrected chi connectivity index (χ0v) is 15.1. The second-order valence-corrected chi connectivity index (χ2v) is 6.55. The Hall–Kier alpha value is -2.34. The number of nitrogens with zero attached hydrogens (tertiary/aromatic N) is 3. The molecule has 1 amide bonds. The van der Waals surface area contributed by atoms with Crippen molar-refractivity contribution in [3.8, 4) is 5.75 Å². The molecule has 2 heterocycles. The summed E-state index contributed by atoms with van der Waals surface area (Å²) in [5, 5.41) is 7.60. The van der Waals surface area contributed by atoms with Gasteiger partial charge in [0.1, 0.15) is 5.75 Å². The maximum Gasteiger partial charge on any atom is 0.227 e. The standard InChI is InChI=1S/C19H26N4O2/c1-4-25-18-8-6-5-7-14(18)12-22(2)19(24)17-11-20-10-16(17)15-9-21-23(3)13-15/h5-9,13,16-17,20H,4,10-12H2,1-3H3/t16-,17+/m1/s1. The van der Waals surface area contributed by atoms with Gasteiger partial charge in [-0.25, -0.2) is 0 Å². The number of hydrogen-bond donors (Lipinski definition) is 1. The van der Waals surface area contributed by atoms with Crippen LogP contribution in [-0.4, -0.2) is 47.3 Å². The van der Waals surface area contributed by atoms with Gasteiger partial charge in [0.05, 0.1) is 18.7 Å². The summed E-state index contributed by atoms with van der Waals surface area (Å²) in [5.74, 6) is 1.11. The number of hydrogen-bond acceptors (Lipinski definition) is 4. The second kappa shape index (κ2) is 7.70. The summed E-state index contributed by atoms with van der Waals surface area (Å²) in [4.78, 5) is 14.8. The highest BCUT2D eigenvalue weighted by atomic mass is 16.5. The van der Waals surface area contributed by atoms with E-state index in [1.165, 1.54) is 0 Å². The minimum Gasteiger partial charge on any atom is -0.494 e. The van der Waals surface area contributed by atoms with Gasteiger partial charge < -0.3 is 15.0 Å². The number of amides is 1. The molecule has 0 bridgehead atoms. The molecule has 1 N–H and O–H groups in total. The molecule has 1 aliphatic heterocycles. The van der Waals surface area contributed by atoms with Crippen molar-refractivity contribution < 1.29 is 9.53 Å². The van der Waals surface area contributed by atoms with Gasteiger partial charge in [-0.1, -0.05) is 18.2 Å². The number of benzene rings is 1. The fourth-order valence-electron chi connectivity index (χ4n) is 3.47. The van der Waals surface area contributed by atoms with Crippen molar-refractivity contribution in [1.29, 1.82) is 0 Å². The minimum atomic E-state index is -0.0616. The Bertz CT molecular complexity index is 728. The minimum absolute atomic E-state index is 0.0616. The van der Waals surface area contributed by atoms with Crippen LogP contribution < -0.4 is 10.1 Å². The highest BCUT2D eigenvalue weighted by Gasteiger charge is 2.36. The number of rotatable bonds is 6. The Balaban J connectivity index is 1.72. The lowest BCUT2D eigenvalue weighted by molar-refractivity contribution is -0.134. The Morgan fingerprint density at radius 2 is 2.20 bits per heavy atom. The molecule has 1 aromatic heterocycles. The first-order chi connectivity index (χ1) is 12.1. The smallest absolute Gasteiger partial charge is 0.227 e. The normalized spacial score (nSPS) is 19.8. The van der Waals surface area contributed by atoms with Crippen LogP contribution in [0.3, 0.4) is 0 Å². The summed E-state index contributed by atoms with van der Waals surface area (Å²) in [7, 11) is 3.77. The van der Waals surface area contributed by atoms with Gasteiger partial charge in [0.25, 0.3) is 0 Å². The number of nitrogens with one attached hydrogen (secondary N) is 1. The molecule has 0 aliphatic carbocycles. The molecular formula is C19H26N4O2. The van der Waals surface area contributed by atoms with Crippen molar-refractivity contribution in [2.45, 2.75) is 19.4 Å². The molecule has 1 saturated heterocycles. The average molecular weight is 342 g/mol. The summed E-state index contributed by atoms with van der Waals surface area (Å²) in [5.41, 5.74) is 2.15. The number of para-hydroxylation sites is 1. The van der Waals surface area contributed by atoms with E-state index in [1.807, 2.05) is 57.7 Å². The van der Waals surface area contributed by atoms with E-state index in [4.69, 9.17) is 4.74 Å². The van der Waals surface area contributed by atoms with E-state index < -0.39 is 0 Å². The molecule has 6 heteroatoms. The van der Waals surface area contributed by atoms with Crippen molar-refractivity contribution in [3.05, 3.63) is 47.8 Å². The Morgan fingerprint density at radius 1 is 1.40 bits per heavy atom. The molecule has 0 saturated carbocycles. The van der Waals surface area contributed by atoms with E-state index >= 15 is 0 Å². The summed E-state index contributed by atoms with van der Waals surface area (Å²) in [6, 6.07) is 7.90. The molecule has 2 aromatic rings. The summed E-state index contributed by atoms with van der Waals surface area (Å²) in [6.07, 6.45) is 3.87. The van der Waals surface area contributed by atoms with Crippen molar-refractivity contribution in [3.63, 3.8) is 0 Å². The SMILES string of the molecule is CCOc1ccccc1CN(C)C(=O)[C@H]1CNC[C@@H]1c1cnn(C)c1. The van der Waals surface area contributed by atoms with Crippen LogP contribution in [0, 0.1) is 5.92 Å². The lowest BCUT2D eigenvalue weighted by Crippen LogP contribution is -2.35. The van der Waals surface area contributed by atoms with Gasteiger partial charge >= 0.3 is 0 Å². The molecule has 25 heavy (non-hydrogen) atoms. The van der Waals surface area contributed by atoms with Crippen molar-refractivity contribution in [2.24, 2.45) is 13.0 Å². The van der Waals surface area contributed by atoms with Crippen LogP contribution in [0.5, 0.6) is 5.75 Å². The molecule has 0 spiro atoms. The van der Waals surface area contributed by atoms with Crippen molar-refractivity contribution in [1.82, 2.24) is 20.0 Å². The predicted molar refractivity (Wildman–Crippen MR) is 96.4 cm³/mol. The first kappa shape index (κ1) is 17.5. The Labute approximate surface area is 148 Å². The first-order valence-corrected chi connectivity index (χ1v) is 8.75. The first-order valence-electron chi connectivity index (χ1n) is 8.75. The predicted octanol–water partition coefficient (Wildman–Crippen LogP) is 1.78. The van der Waals surface area contributed by atoms with Gasteiger partial charge in [-0.15, -0.1) is 0 Å². The largest absolute Gasteiger partial charge is 0.494 e. The quantitative estimate of drug-likeness (QED) is 0.869. The van der Waals surface area contributed by atoms with Crippen LogP contribution in [0.4, 0.5) is 0 Å². The van der Waals surface area contributed by atoms with Gasteiger partial charge in [-0.05, 0) is 18.6 Å². The topological polar surface area (TPSA) is 59.4 Å². The third kappa shape index (κ3) is 3.85. The molecule has 1 fully saturated rings. The maximum absolute atomic E-state index is 13.0. The van der Waals surface area contributed by atoms with Gasteiger partial charge in [0, 0.05) is 51.4 Å². The zero-order chi connectivity index (χ0) is 17.8. The number of carbonyl (C=O) groups is 1. The molecule has 0 unspecified atom stereocenters. The molecule has 0 radical (unpaired) electrons. The molecular weight excluding hydrogens is 316 g/mol. The van der Waals surface area contributed by atoms with Crippen molar-refractivity contribution in [2.75, 3.05) is 26.7 Å². The molecule has 1 aromatic carbocycles. The van der Waals surface area contributed by atoms with Gasteiger partial charge in [-0.2, -0.15) is 5.10 Å². The molecule has 3 rings (SSSR count). The van der Waals surface area contributed by atoms with E-state index in [2.05, 4.69) is 10.4 Å². The summed E-state index contributed by atoms with van der Waals surface area (Å²) >= 11 is 0. The van der Waals surface area contributed by atoms with Gasteiger partial charge in [0.15, 0.2) is 0 Å². The summed E-state index contributed by atoms with van der Waals surface area (Å²) in [6.45, 7) is 4.64. The number of aromatic nitrogens is 2. The third-order valence-electron chi connectivity index (χ3n) is 4.74. The Morgan fingerprint density at radius 3 is 2.92 bits per heavy atom. The molecule has 6 nitrogen and oxygen atoms in total. The fraction of sp³-hybridized carbons (Fsp3) is 0.474. The van der Waals surface area contributed by atoms with E-state index in [-0.39, 0.29) is 17.7 Å². The van der Waals surface area contributed by atoms with Crippen molar-refractivity contribution >= 4 is 5.91 Å². The van der Waals surface area contributed by atoms with Crippen LogP contribution in [0.1, 0.15) is 24.0 Å². The Kier molecular flexibility index (Phi) is 5.38. The van der Waals surface area contributed by atoms with E-state index in [9.17, 15) is 4.79 Å². The molecule has 134 valence electrons. The highest BCUT2D eigenvalue weighted by Crippen LogP contribution is 2.30. The number of aryl methyl sites for hydroxylation is 1. The van der Waals surface area contributed by atoms with Crippen LogP contribution in [0.25, 0.3) is 0 Å². The van der Waals surface area contributed by atoms with Crippen LogP contribution in [-0.2, 0) is 18.4 Å². The second-order valence-electron chi connectivity index (χ2n) is 6.55. The van der Waals surface area contributed by atoms with E-state index in [1.54, 1.807) is 9.58 Å². The third-order valence-corrected chi connectivity index (χ3v) is 4.74. The lowest BCUT2D eigenvalue weighted by atomic mass is 9.90. The monoisotopic (exact) mass is 342 g/mol. The van der Waals surface area contributed by atoms with Gasteiger partial charge in [-0.3, -0.25) is 9.48 Å². The lowest BCUT2D eigenvalue weighted by Gasteiger charge is -2.25. The number of carbonyl (C=O) groups excluding carboxylic acids is 1. The molecule has 2 atom stereocenters. The van der Waals surface area contributed by atoms with E-state index in [0.717, 1.165) is 23.4 Å². The van der Waals surface area contributed by atoms with E-state index in [0.29, 0.717) is 19.7 Å². The van der Waals surface area contributed by atoms with Crippen LogP contribution in [0.2, 0.25) is 0 Å². The fourth-order valence-corrected chi connectivity index (χ4v) is 3.47. The highest BCUT2D eigenvalue weighted by molar-refractivity contribution is 5.80. The average Bonchev–Trinajstić information content (AvgIpc) is 3.24. The number of ether oxygens (including phenoxy) is 1. The maximum atomic E-state index is 13.0. The molecule has 1 aliphatic rings. The van der Waals surface area contributed by atoms with Gasteiger partial charge in [0.2, 0.25) is 5.91 Å². The van der Waals surface area contributed by atoms with Crippen LogP contribution in [0.15, 0.2) is 36.7 Å². The van der Waals surface area contributed by atoms with Crippen LogP contribution >= 0.6 is 0 Å².